The van der Waals surface area contributed by atoms with Crippen molar-refractivity contribution in [2.24, 2.45) is 0 Å². The van der Waals surface area contributed by atoms with E-state index >= 15 is 0 Å². The van der Waals surface area contributed by atoms with Gasteiger partial charge in [0.15, 0.2) is 0 Å². The molecule has 0 aliphatic rings. The van der Waals surface area contributed by atoms with Crippen molar-refractivity contribution in [3.63, 3.8) is 0 Å². The van der Waals surface area contributed by atoms with Gasteiger partial charge in [-0.2, -0.15) is 0 Å². The van der Waals surface area contributed by atoms with Gasteiger partial charge in [0.25, 0.3) is 5.91 Å². The maximum absolute atomic E-state index is 11.7. The molecule has 1 rings (SSSR count). The maximum atomic E-state index is 11.7. The van der Waals surface area contributed by atoms with Gasteiger partial charge in [-0.3, -0.25) is 4.79 Å². The van der Waals surface area contributed by atoms with Crippen LogP contribution in [-0.4, -0.2) is 35.4 Å². The zero-order valence-electron chi connectivity index (χ0n) is 10.2. The number of hydrogen-bond donors (Lipinski definition) is 3. The number of aromatic hydroxyl groups is 1. The smallest absolute Gasteiger partial charge is 0.255 e. The monoisotopic (exact) mass is 239 g/mol. The van der Waals surface area contributed by atoms with Crippen molar-refractivity contribution >= 4 is 5.91 Å². The Kier molecular flexibility index (Phi) is 3.96. The molecule has 0 saturated heterocycles. The van der Waals surface area contributed by atoms with Crippen LogP contribution in [0.1, 0.15) is 24.2 Å². The molecule has 0 saturated carbocycles. The number of ether oxygens (including phenoxy) is 1. The lowest BCUT2D eigenvalue weighted by Gasteiger charge is -2.17. The molecule has 0 aliphatic heterocycles. The van der Waals surface area contributed by atoms with E-state index in [9.17, 15) is 15.0 Å². The van der Waals surface area contributed by atoms with Crippen LogP contribution >= 0.6 is 0 Å². The third-order valence-electron chi connectivity index (χ3n) is 2.13. The Morgan fingerprint density at radius 3 is 2.59 bits per heavy atom. The number of rotatable bonds is 4. The number of hydrogen-bond acceptors (Lipinski definition) is 4. The highest BCUT2D eigenvalue weighted by Crippen LogP contribution is 2.23. The first-order chi connectivity index (χ1) is 7.83. The molecule has 0 heterocycles. The fourth-order valence-corrected chi connectivity index (χ4v) is 1.22. The highest BCUT2D eigenvalue weighted by molar-refractivity contribution is 5.97. The summed E-state index contributed by atoms with van der Waals surface area (Å²) in [5.74, 6) is -0.119. The third kappa shape index (κ3) is 3.96. The second kappa shape index (κ2) is 5.05. The van der Waals surface area contributed by atoms with E-state index in [2.05, 4.69) is 5.32 Å². The summed E-state index contributed by atoms with van der Waals surface area (Å²) in [5.41, 5.74) is -0.840. The van der Waals surface area contributed by atoms with E-state index < -0.39 is 11.5 Å². The van der Waals surface area contributed by atoms with Gasteiger partial charge in [-0.05, 0) is 26.0 Å². The summed E-state index contributed by atoms with van der Waals surface area (Å²) in [5, 5.41) is 21.6. The van der Waals surface area contributed by atoms with Gasteiger partial charge in [-0.15, -0.1) is 0 Å². The van der Waals surface area contributed by atoms with Crippen LogP contribution in [0.3, 0.4) is 0 Å². The van der Waals surface area contributed by atoms with Crippen molar-refractivity contribution in [1.29, 1.82) is 0 Å². The summed E-state index contributed by atoms with van der Waals surface area (Å²) in [6, 6.07) is 4.41. The minimum absolute atomic E-state index is 0.108. The molecular weight excluding hydrogens is 222 g/mol. The maximum Gasteiger partial charge on any atom is 0.255 e. The number of aliphatic hydroxyl groups is 1. The van der Waals surface area contributed by atoms with Gasteiger partial charge in [0.2, 0.25) is 0 Å². The number of phenols is 1. The van der Waals surface area contributed by atoms with Crippen molar-refractivity contribution < 1.29 is 19.7 Å². The number of methoxy groups -OCH3 is 1. The minimum atomic E-state index is -0.988. The molecular formula is C12H17NO4. The number of phenolic OH excluding ortho intramolecular Hbond substituents is 1. The molecule has 0 aliphatic carbocycles. The fraction of sp³-hybridized carbons (Fsp3) is 0.417. The second-order valence-corrected chi connectivity index (χ2v) is 4.38. The molecule has 0 fully saturated rings. The summed E-state index contributed by atoms with van der Waals surface area (Å²) in [7, 11) is 1.47. The lowest BCUT2D eigenvalue weighted by Crippen LogP contribution is -2.38. The first-order valence-electron chi connectivity index (χ1n) is 5.21. The molecule has 5 nitrogen and oxygen atoms in total. The van der Waals surface area contributed by atoms with E-state index in [1.807, 2.05) is 0 Å². The summed E-state index contributed by atoms with van der Waals surface area (Å²) < 4.78 is 4.91. The zero-order valence-corrected chi connectivity index (χ0v) is 10.2. The molecule has 3 N–H and O–H groups in total. The number of carbonyl (C=O) groups excluding carboxylic acids is 1. The molecule has 0 unspecified atom stereocenters. The molecule has 17 heavy (non-hydrogen) atoms. The van der Waals surface area contributed by atoms with Crippen molar-refractivity contribution in [1.82, 2.24) is 5.32 Å². The van der Waals surface area contributed by atoms with Gasteiger partial charge in [-0.25, -0.2) is 0 Å². The first kappa shape index (κ1) is 13.3. The van der Waals surface area contributed by atoms with Gasteiger partial charge >= 0.3 is 0 Å². The van der Waals surface area contributed by atoms with E-state index in [0.29, 0.717) is 5.75 Å². The minimum Gasteiger partial charge on any atom is -0.507 e. The molecule has 1 aromatic rings. The van der Waals surface area contributed by atoms with Crippen LogP contribution in [0.5, 0.6) is 11.5 Å². The second-order valence-electron chi connectivity index (χ2n) is 4.38. The average Bonchev–Trinajstić information content (AvgIpc) is 2.24. The van der Waals surface area contributed by atoms with Crippen molar-refractivity contribution in [3.05, 3.63) is 23.8 Å². The Balaban J connectivity index is 2.76. The normalized spacial score (nSPS) is 11.1. The zero-order chi connectivity index (χ0) is 13.1. The van der Waals surface area contributed by atoms with E-state index in [0.717, 1.165) is 0 Å². The summed E-state index contributed by atoms with van der Waals surface area (Å²) in [4.78, 5) is 11.7. The van der Waals surface area contributed by atoms with Gasteiger partial charge in [-0.1, -0.05) is 0 Å². The molecule has 1 amide bonds. The van der Waals surface area contributed by atoms with Gasteiger partial charge in [0.1, 0.15) is 11.5 Å². The number of nitrogens with one attached hydrogen (secondary N) is 1. The summed E-state index contributed by atoms with van der Waals surface area (Å²) in [6.45, 7) is 3.28. The average molecular weight is 239 g/mol. The highest BCUT2D eigenvalue weighted by atomic mass is 16.5. The van der Waals surface area contributed by atoms with Crippen molar-refractivity contribution in [2.45, 2.75) is 19.4 Å². The largest absolute Gasteiger partial charge is 0.507 e. The molecule has 0 atom stereocenters. The predicted molar refractivity (Wildman–Crippen MR) is 63.3 cm³/mol. The molecule has 1 aromatic carbocycles. The fourth-order valence-electron chi connectivity index (χ4n) is 1.22. The Morgan fingerprint density at radius 2 is 2.12 bits per heavy atom. The quantitative estimate of drug-likeness (QED) is 0.729. The number of benzene rings is 1. The molecule has 0 bridgehead atoms. The van der Waals surface area contributed by atoms with E-state index in [1.54, 1.807) is 19.9 Å². The van der Waals surface area contributed by atoms with Crippen LogP contribution < -0.4 is 10.1 Å². The van der Waals surface area contributed by atoms with Gasteiger partial charge in [0.05, 0.1) is 18.3 Å². The third-order valence-corrected chi connectivity index (χ3v) is 2.13. The first-order valence-corrected chi connectivity index (χ1v) is 5.21. The standard InChI is InChI=1S/C12H17NO4/c1-12(2,16)7-13-11(15)9-5-4-8(17-3)6-10(9)14/h4-6,14,16H,7H2,1-3H3,(H,13,15). The molecule has 94 valence electrons. The molecule has 0 spiro atoms. The van der Waals surface area contributed by atoms with Crippen LogP contribution in [0.15, 0.2) is 18.2 Å². The van der Waals surface area contributed by atoms with Crippen molar-refractivity contribution in [2.75, 3.05) is 13.7 Å². The number of carbonyl (C=O) groups is 1. The highest BCUT2D eigenvalue weighted by Gasteiger charge is 2.17. The lowest BCUT2D eigenvalue weighted by molar-refractivity contribution is 0.0693. The summed E-state index contributed by atoms with van der Waals surface area (Å²) >= 11 is 0. The Hall–Kier alpha value is -1.75. The number of amides is 1. The van der Waals surface area contributed by atoms with Crippen LogP contribution in [0.2, 0.25) is 0 Å². The van der Waals surface area contributed by atoms with E-state index in [1.165, 1.54) is 19.2 Å². The van der Waals surface area contributed by atoms with Crippen LogP contribution in [-0.2, 0) is 0 Å². The Bertz CT molecular complexity index is 409. The van der Waals surface area contributed by atoms with E-state index in [4.69, 9.17) is 4.74 Å². The van der Waals surface area contributed by atoms with Gasteiger partial charge < -0.3 is 20.3 Å². The SMILES string of the molecule is COc1ccc(C(=O)NCC(C)(C)O)c(O)c1. The molecule has 5 heteroatoms. The van der Waals surface area contributed by atoms with Crippen LogP contribution in [0.4, 0.5) is 0 Å². The predicted octanol–water partition coefficient (Wildman–Crippen LogP) is 0.901. The molecule has 0 radical (unpaired) electrons. The van der Waals surface area contributed by atoms with Crippen LogP contribution in [0.25, 0.3) is 0 Å². The van der Waals surface area contributed by atoms with Gasteiger partial charge in [0, 0.05) is 12.6 Å². The van der Waals surface area contributed by atoms with Crippen molar-refractivity contribution in [3.8, 4) is 11.5 Å². The Labute approximate surface area is 100 Å². The topological polar surface area (TPSA) is 78.8 Å². The molecule has 0 aromatic heterocycles. The summed E-state index contributed by atoms with van der Waals surface area (Å²) in [6.07, 6.45) is 0. The van der Waals surface area contributed by atoms with E-state index in [-0.39, 0.29) is 17.9 Å². The van der Waals surface area contributed by atoms with Crippen LogP contribution in [0, 0.1) is 0 Å². The lowest BCUT2D eigenvalue weighted by atomic mass is 10.1. The Morgan fingerprint density at radius 1 is 1.47 bits per heavy atom.